The normalized spacial score (nSPS) is 18.6. The average Bonchev–Trinajstić information content (AvgIpc) is 3.27. The van der Waals surface area contributed by atoms with E-state index < -0.39 is 10.0 Å². The lowest BCUT2D eigenvalue weighted by atomic mass is 9.98. The van der Waals surface area contributed by atoms with Gasteiger partial charge >= 0.3 is 0 Å². The summed E-state index contributed by atoms with van der Waals surface area (Å²) in [4.78, 5) is 14.9. The minimum atomic E-state index is -3.68. The van der Waals surface area contributed by atoms with Gasteiger partial charge in [-0.15, -0.1) is 10.2 Å². The molecule has 1 aromatic heterocycles. The second-order valence-corrected chi connectivity index (χ2v) is 11.2. The first-order valence-corrected chi connectivity index (χ1v) is 13.7. The molecule has 1 aliphatic heterocycles. The summed E-state index contributed by atoms with van der Waals surface area (Å²) >= 11 is 1.23. The number of nitrogens with zero attached hydrogens (tertiary/aromatic N) is 3. The zero-order valence-corrected chi connectivity index (χ0v) is 21.0. The number of carbonyl (C=O) groups excluding carboxylic acids is 1. The molecule has 2 aromatic carbocycles. The highest BCUT2D eigenvalue weighted by Crippen LogP contribution is 2.27. The number of carbonyl (C=O) groups is 1. The number of amides is 1. The maximum absolute atomic E-state index is 12.7. The Bertz CT molecular complexity index is 1230. The Kier molecular flexibility index (Phi) is 7.27. The quantitative estimate of drug-likeness (QED) is 0.468. The van der Waals surface area contributed by atoms with Crippen molar-refractivity contribution in [2.45, 2.75) is 62.2 Å². The molecule has 0 aliphatic carbocycles. The maximum atomic E-state index is 12.7. The molecule has 1 N–H and O–H groups in total. The van der Waals surface area contributed by atoms with Crippen molar-refractivity contribution in [3.63, 3.8) is 0 Å². The van der Waals surface area contributed by atoms with Crippen LogP contribution in [0.5, 0.6) is 0 Å². The van der Waals surface area contributed by atoms with Crippen molar-refractivity contribution >= 4 is 33.4 Å². The number of hydrogen-bond donors (Lipinski definition) is 1. The van der Waals surface area contributed by atoms with Gasteiger partial charge in [0.25, 0.3) is 15.2 Å². The van der Waals surface area contributed by atoms with Gasteiger partial charge in [-0.2, -0.15) is 0 Å². The van der Waals surface area contributed by atoms with Gasteiger partial charge in [0.2, 0.25) is 11.8 Å². The van der Waals surface area contributed by atoms with Crippen LogP contribution in [0.2, 0.25) is 0 Å². The number of likely N-dealkylation sites (tertiary alicyclic amines) is 1. The molecule has 0 saturated carbocycles. The Hall–Kier alpha value is -2.85. The Labute approximate surface area is 204 Å². The molecular formula is C24H28N4O4S2. The van der Waals surface area contributed by atoms with Crippen molar-refractivity contribution in [3.05, 3.63) is 54.1 Å². The molecule has 2 atom stereocenters. The fourth-order valence-corrected chi connectivity index (χ4v) is 5.80. The van der Waals surface area contributed by atoms with Crippen LogP contribution < -0.4 is 4.72 Å². The lowest BCUT2D eigenvalue weighted by Crippen LogP contribution is -2.48. The Balaban J connectivity index is 1.37. The van der Waals surface area contributed by atoms with Gasteiger partial charge in [0.1, 0.15) is 0 Å². The molecule has 10 heteroatoms. The number of piperidine rings is 1. The van der Waals surface area contributed by atoms with Crippen LogP contribution in [0.25, 0.3) is 11.5 Å². The molecule has 3 aromatic rings. The average molecular weight is 501 g/mol. The van der Waals surface area contributed by atoms with Gasteiger partial charge in [-0.1, -0.05) is 29.5 Å². The first-order chi connectivity index (χ1) is 16.2. The molecular weight excluding hydrogens is 472 g/mol. The van der Waals surface area contributed by atoms with Gasteiger partial charge in [-0.05, 0) is 76.4 Å². The van der Waals surface area contributed by atoms with E-state index in [-0.39, 0.29) is 28.6 Å². The van der Waals surface area contributed by atoms with E-state index in [1.165, 1.54) is 11.8 Å². The molecule has 1 amide bonds. The lowest BCUT2D eigenvalue weighted by Gasteiger charge is -2.39. The summed E-state index contributed by atoms with van der Waals surface area (Å²) in [6, 6.07) is 13.8. The number of sulfonamides is 1. The van der Waals surface area contributed by atoms with E-state index >= 15 is 0 Å². The van der Waals surface area contributed by atoms with E-state index in [9.17, 15) is 13.2 Å². The third-order valence-corrected chi connectivity index (χ3v) is 8.12. The summed E-state index contributed by atoms with van der Waals surface area (Å²) in [6.45, 7) is 6.08. The number of anilines is 1. The largest absolute Gasteiger partial charge is 0.411 e. The van der Waals surface area contributed by atoms with Crippen molar-refractivity contribution in [1.82, 2.24) is 15.1 Å². The van der Waals surface area contributed by atoms with Crippen LogP contribution in [0.3, 0.4) is 0 Å². The molecule has 0 radical (unpaired) electrons. The van der Waals surface area contributed by atoms with Crippen LogP contribution >= 0.6 is 11.8 Å². The van der Waals surface area contributed by atoms with Crippen molar-refractivity contribution in [2.75, 3.05) is 10.5 Å². The highest BCUT2D eigenvalue weighted by Gasteiger charge is 2.29. The first kappa shape index (κ1) is 24.3. The van der Waals surface area contributed by atoms with Crippen molar-refractivity contribution < 1.29 is 17.6 Å². The standard InChI is InChI=1S/C24H28N4O4S2/c1-16-7-13-21(14-8-16)34(30,31)27-20-11-9-19(10-12-20)23-25-26-24(32-23)33-15-22(29)28-17(2)5-4-6-18(28)3/h7-14,17-18,27H,4-6,15H2,1-3H3/t17-,18-/m0/s1. The van der Waals surface area contributed by atoms with Gasteiger partial charge in [0, 0.05) is 23.3 Å². The van der Waals surface area contributed by atoms with Crippen molar-refractivity contribution in [2.24, 2.45) is 0 Å². The van der Waals surface area contributed by atoms with E-state index in [0.717, 1.165) is 24.8 Å². The van der Waals surface area contributed by atoms with Crippen molar-refractivity contribution in [3.8, 4) is 11.5 Å². The first-order valence-electron chi connectivity index (χ1n) is 11.2. The van der Waals surface area contributed by atoms with Crippen LogP contribution in [0.15, 0.2) is 63.1 Å². The van der Waals surface area contributed by atoms with E-state index in [1.807, 2.05) is 11.8 Å². The number of aryl methyl sites for hydroxylation is 1. The minimum absolute atomic E-state index is 0.0784. The highest BCUT2D eigenvalue weighted by molar-refractivity contribution is 7.99. The molecule has 4 rings (SSSR count). The number of benzene rings is 2. The van der Waals surface area contributed by atoms with Crippen LogP contribution in [-0.2, 0) is 14.8 Å². The summed E-state index contributed by atoms with van der Waals surface area (Å²) in [5.41, 5.74) is 2.07. The molecule has 1 fully saturated rings. The number of nitrogens with one attached hydrogen (secondary N) is 1. The number of rotatable bonds is 7. The zero-order valence-electron chi connectivity index (χ0n) is 19.4. The maximum Gasteiger partial charge on any atom is 0.277 e. The topological polar surface area (TPSA) is 105 Å². The molecule has 180 valence electrons. The second kappa shape index (κ2) is 10.2. The summed E-state index contributed by atoms with van der Waals surface area (Å²) in [5, 5.41) is 8.43. The third kappa shape index (κ3) is 5.61. The minimum Gasteiger partial charge on any atom is -0.411 e. The third-order valence-electron chi connectivity index (χ3n) is 5.92. The SMILES string of the molecule is Cc1ccc(S(=O)(=O)Nc2ccc(-c3nnc(SCC(=O)N4[C@@H](C)CCC[C@@H]4C)o3)cc2)cc1. The number of aromatic nitrogens is 2. The fourth-order valence-electron chi connectivity index (χ4n) is 4.11. The molecule has 8 nitrogen and oxygen atoms in total. The van der Waals surface area contributed by atoms with Gasteiger partial charge in [-0.25, -0.2) is 8.42 Å². The van der Waals surface area contributed by atoms with Crippen LogP contribution in [0.4, 0.5) is 5.69 Å². The van der Waals surface area contributed by atoms with Gasteiger partial charge in [0.15, 0.2) is 0 Å². The van der Waals surface area contributed by atoms with E-state index in [2.05, 4.69) is 28.8 Å². The molecule has 2 heterocycles. The van der Waals surface area contributed by atoms with Crippen LogP contribution in [0.1, 0.15) is 38.7 Å². The zero-order chi connectivity index (χ0) is 24.3. The summed E-state index contributed by atoms with van der Waals surface area (Å²) in [6.07, 6.45) is 3.21. The van der Waals surface area contributed by atoms with Gasteiger partial charge in [-0.3, -0.25) is 9.52 Å². The smallest absolute Gasteiger partial charge is 0.277 e. The molecule has 0 unspecified atom stereocenters. The highest BCUT2D eigenvalue weighted by atomic mass is 32.2. The van der Waals surface area contributed by atoms with Crippen LogP contribution in [-0.4, -0.2) is 47.3 Å². The predicted molar refractivity (Wildman–Crippen MR) is 132 cm³/mol. The fraction of sp³-hybridized carbons (Fsp3) is 0.375. The summed E-state index contributed by atoms with van der Waals surface area (Å²) in [5.74, 6) is 0.632. The van der Waals surface area contributed by atoms with E-state index in [4.69, 9.17) is 4.42 Å². The summed E-state index contributed by atoms with van der Waals surface area (Å²) in [7, 11) is -3.68. The number of thioether (sulfide) groups is 1. The molecule has 0 spiro atoms. The van der Waals surface area contributed by atoms with Crippen molar-refractivity contribution in [1.29, 1.82) is 0 Å². The van der Waals surface area contributed by atoms with Crippen LogP contribution in [0, 0.1) is 6.92 Å². The van der Waals surface area contributed by atoms with Gasteiger partial charge in [0.05, 0.1) is 10.6 Å². The molecule has 0 bridgehead atoms. The Morgan fingerprint density at radius 2 is 1.71 bits per heavy atom. The van der Waals surface area contributed by atoms with E-state index in [1.54, 1.807) is 48.5 Å². The molecule has 1 saturated heterocycles. The van der Waals surface area contributed by atoms with E-state index in [0.29, 0.717) is 22.4 Å². The predicted octanol–water partition coefficient (Wildman–Crippen LogP) is 4.73. The molecule has 1 aliphatic rings. The lowest BCUT2D eigenvalue weighted by molar-refractivity contribution is -0.134. The second-order valence-electron chi connectivity index (χ2n) is 8.59. The Morgan fingerprint density at radius 1 is 1.06 bits per heavy atom. The Morgan fingerprint density at radius 3 is 2.35 bits per heavy atom. The molecule has 34 heavy (non-hydrogen) atoms. The number of hydrogen-bond acceptors (Lipinski definition) is 7. The monoisotopic (exact) mass is 500 g/mol. The summed E-state index contributed by atoms with van der Waals surface area (Å²) < 4.78 is 33.4. The van der Waals surface area contributed by atoms with Gasteiger partial charge < -0.3 is 9.32 Å².